The molecule has 0 aliphatic heterocycles. The Kier molecular flexibility index (Phi) is 4.15. The van der Waals surface area contributed by atoms with E-state index < -0.39 is 11.7 Å². The van der Waals surface area contributed by atoms with Gasteiger partial charge in [0.1, 0.15) is 5.82 Å². The Balaban J connectivity index is 2.13. The molecule has 0 saturated heterocycles. The van der Waals surface area contributed by atoms with Crippen LogP contribution in [0.5, 0.6) is 0 Å². The fraction of sp³-hybridized carbons (Fsp3) is 0.0909. The van der Waals surface area contributed by atoms with E-state index >= 15 is 0 Å². The molecule has 106 valence electrons. The number of halogens is 4. The van der Waals surface area contributed by atoms with Crippen LogP contribution in [0.2, 0.25) is 5.02 Å². The minimum absolute atomic E-state index is 0.263. The number of benzene rings is 1. The Morgan fingerprint density at radius 2 is 2.15 bits per heavy atom. The van der Waals surface area contributed by atoms with E-state index in [1.807, 2.05) is 0 Å². The van der Waals surface area contributed by atoms with Crippen LogP contribution in [0.1, 0.15) is 11.1 Å². The molecule has 2 aromatic rings. The second kappa shape index (κ2) is 5.68. The summed E-state index contributed by atoms with van der Waals surface area (Å²) >= 11 is 6.74. The molecule has 0 atom stereocenters. The first-order valence-electron chi connectivity index (χ1n) is 5.23. The third-order valence-electron chi connectivity index (χ3n) is 2.19. The zero-order valence-electron chi connectivity index (χ0n) is 9.78. The molecule has 3 N–H and O–H groups in total. The molecule has 0 radical (unpaired) electrons. The van der Waals surface area contributed by atoms with Gasteiger partial charge < -0.3 is 5.73 Å². The molecule has 0 fully saturated rings. The van der Waals surface area contributed by atoms with E-state index in [0.29, 0.717) is 10.9 Å². The second-order valence-corrected chi connectivity index (χ2v) is 4.95. The lowest BCUT2D eigenvalue weighted by molar-refractivity contribution is -0.137. The van der Waals surface area contributed by atoms with Gasteiger partial charge in [-0.3, -0.25) is 5.43 Å². The van der Waals surface area contributed by atoms with Crippen molar-refractivity contribution >= 4 is 40.1 Å². The van der Waals surface area contributed by atoms with Crippen molar-refractivity contribution in [2.75, 3.05) is 11.2 Å². The zero-order valence-corrected chi connectivity index (χ0v) is 11.4. The summed E-state index contributed by atoms with van der Waals surface area (Å²) in [6.45, 7) is 0. The first-order valence-corrected chi connectivity index (χ1v) is 6.49. The van der Waals surface area contributed by atoms with Crippen LogP contribution in [0.15, 0.2) is 28.7 Å². The summed E-state index contributed by atoms with van der Waals surface area (Å²) in [6.07, 6.45) is -3.26. The van der Waals surface area contributed by atoms with E-state index in [-0.39, 0.29) is 10.6 Å². The highest BCUT2D eigenvalue weighted by Gasteiger charge is 2.33. The van der Waals surface area contributed by atoms with Crippen molar-refractivity contribution in [1.29, 1.82) is 0 Å². The summed E-state index contributed by atoms with van der Waals surface area (Å²) in [5, 5.41) is 5.49. The van der Waals surface area contributed by atoms with E-state index in [1.165, 1.54) is 29.7 Å². The van der Waals surface area contributed by atoms with Crippen molar-refractivity contribution < 1.29 is 13.2 Å². The van der Waals surface area contributed by atoms with Crippen LogP contribution < -0.4 is 11.2 Å². The van der Waals surface area contributed by atoms with Crippen LogP contribution in [0.3, 0.4) is 0 Å². The van der Waals surface area contributed by atoms with Gasteiger partial charge in [-0.05, 0) is 17.7 Å². The second-order valence-electron chi connectivity index (χ2n) is 3.68. The van der Waals surface area contributed by atoms with Crippen molar-refractivity contribution in [3.8, 4) is 0 Å². The third-order valence-corrected chi connectivity index (χ3v) is 3.29. The summed E-state index contributed by atoms with van der Waals surface area (Å²) in [6, 6.07) is 3.52. The van der Waals surface area contributed by atoms with Crippen LogP contribution >= 0.6 is 22.9 Å². The number of hydrogen-bond acceptors (Lipinski definition) is 5. The van der Waals surface area contributed by atoms with Crippen molar-refractivity contribution in [2.24, 2.45) is 5.10 Å². The van der Waals surface area contributed by atoms with Gasteiger partial charge in [0.05, 0.1) is 16.8 Å². The fourth-order valence-electron chi connectivity index (χ4n) is 1.34. The van der Waals surface area contributed by atoms with Crippen molar-refractivity contribution in [3.63, 3.8) is 0 Å². The van der Waals surface area contributed by atoms with Gasteiger partial charge in [0, 0.05) is 5.38 Å². The number of rotatable bonds is 3. The molecule has 20 heavy (non-hydrogen) atoms. The van der Waals surface area contributed by atoms with E-state index in [9.17, 15) is 13.2 Å². The third kappa shape index (κ3) is 3.61. The van der Waals surface area contributed by atoms with E-state index in [1.54, 1.807) is 5.38 Å². The van der Waals surface area contributed by atoms with Gasteiger partial charge >= 0.3 is 6.18 Å². The Bertz CT molecular complexity index is 639. The molecule has 1 aromatic carbocycles. The average Bonchev–Trinajstić information content (AvgIpc) is 2.76. The maximum Gasteiger partial charge on any atom is 0.417 e. The maximum absolute atomic E-state index is 12.7. The zero-order chi connectivity index (χ0) is 14.8. The molecule has 2 rings (SSSR count). The molecule has 0 saturated carbocycles. The summed E-state index contributed by atoms with van der Waals surface area (Å²) in [5.74, 6) is 0.346. The SMILES string of the molecule is Nc1csc(NN=Cc2ccc(Cl)c(C(F)(F)F)c2)n1. The van der Waals surface area contributed by atoms with Crippen molar-refractivity contribution in [3.05, 3.63) is 39.7 Å². The first-order chi connectivity index (χ1) is 9.36. The highest BCUT2D eigenvalue weighted by molar-refractivity contribution is 7.14. The Morgan fingerprint density at radius 1 is 1.40 bits per heavy atom. The van der Waals surface area contributed by atoms with Crippen LogP contribution in [-0.2, 0) is 6.18 Å². The van der Waals surface area contributed by atoms with Gasteiger partial charge in [-0.25, -0.2) is 4.98 Å². The number of alkyl halides is 3. The van der Waals surface area contributed by atoms with Gasteiger partial charge in [0.25, 0.3) is 0 Å². The Hall–Kier alpha value is -1.80. The van der Waals surface area contributed by atoms with E-state index in [4.69, 9.17) is 17.3 Å². The van der Waals surface area contributed by atoms with Gasteiger partial charge in [0.2, 0.25) is 5.13 Å². The summed E-state index contributed by atoms with van der Waals surface area (Å²) in [4.78, 5) is 3.88. The Labute approximate surface area is 121 Å². The van der Waals surface area contributed by atoms with E-state index in [2.05, 4.69) is 15.5 Å². The minimum atomic E-state index is -4.50. The van der Waals surface area contributed by atoms with Crippen LogP contribution in [0.4, 0.5) is 24.1 Å². The number of thiazole rings is 1. The van der Waals surface area contributed by atoms with Crippen LogP contribution in [0, 0.1) is 0 Å². The number of nitrogen functional groups attached to an aromatic ring is 1. The summed E-state index contributed by atoms with van der Waals surface area (Å²) in [5.41, 5.74) is 7.34. The monoisotopic (exact) mass is 320 g/mol. The van der Waals surface area contributed by atoms with Crippen molar-refractivity contribution in [2.45, 2.75) is 6.18 Å². The molecule has 9 heteroatoms. The highest BCUT2D eigenvalue weighted by atomic mass is 35.5. The smallest absolute Gasteiger partial charge is 0.383 e. The normalized spacial score (nSPS) is 12.0. The quantitative estimate of drug-likeness (QED) is 0.667. The topological polar surface area (TPSA) is 63.3 Å². The number of hydrazone groups is 1. The van der Waals surface area contributed by atoms with Gasteiger partial charge in [-0.2, -0.15) is 18.3 Å². The molecule has 0 spiro atoms. The van der Waals surface area contributed by atoms with Crippen molar-refractivity contribution in [1.82, 2.24) is 4.98 Å². The molecular weight excluding hydrogens is 313 g/mol. The van der Waals surface area contributed by atoms with E-state index in [0.717, 1.165) is 6.07 Å². The molecule has 1 heterocycles. The molecule has 0 bridgehead atoms. The van der Waals surface area contributed by atoms with Crippen LogP contribution in [-0.4, -0.2) is 11.2 Å². The number of nitrogens with one attached hydrogen (secondary N) is 1. The number of nitrogens with zero attached hydrogens (tertiary/aromatic N) is 2. The van der Waals surface area contributed by atoms with Gasteiger partial charge in [-0.15, -0.1) is 11.3 Å². The predicted octanol–water partition coefficient (Wildman–Crippen LogP) is 3.84. The molecule has 4 nitrogen and oxygen atoms in total. The number of anilines is 2. The number of aromatic nitrogens is 1. The fourth-order valence-corrected chi connectivity index (χ4v) is 2.11. The minimum Gasteiger partial charge on any atom is -0.383 e. The first kappa shape index (κ1) is 14.6. The molecule has 1 aromatic heterocycles. The Morgan fingerprint density at radius 3 is 2.75 bits per heavy atom. The largest absolute Gasteiger partial charge is 0.417 e. The average molecular weight is 321 g/mol. The molecule has 0 unspecified atom stereocenters. The number of nitrogens with two attached hydrogens (primary N) is 1. The lowest BCUT2D eigenvalue weighted by atomic mass is 10.1. The highest BCUT2D eigenvalue weighted by Crippen LogP contribution is 2.34. The molecular formula is C11H8ClF3N4S. The molecule has 0 amide bonds. The standard InChI is InChI=1S/C11H8ClF3N4S/c12-8-2-1-6(3-7(8)11(13,14)15)4-17-19-10-18-9(16)5-20-10/h1-5H,16H2,(H,18,19). The lowest BCUT2D eigenvalue weighted by Crippen LogP contribution is -2.06. The van der Waals surface area contributed by atoms with Crippen LogP contribution in [0.25, 0.3) is 0 Å². The number of hydrogen-bond donors (Lipinski definition) is 2. The maximum atomic E-state index is 12.7. The van der Waals surface area contributed by atoms with Gasteiger partial charge in [0.15, 0.2) is 0 Å². The van der Waals surface area contributed by atoms with Gasteiger partial charge in [-0.1, -0.05) is 17.7 Å². The summed E-state index contributed by atoms with van der Waals surface area (Å²) in [7, 11) is 0. The summed E-state index contributed by atoms with van der Waals surface area (Å²) < 4.78 is 38.0. The lowest BCUT2D eigenvalue weighted by Gasteiger charge is -2.09. The molecule has 0 aliphatic carbocycles. The predicted molar refractivity (Wildman–Crippen MR) is 74.2 cm³/mol. The molecule has 0 aliphatic rings.